The Kier molecular flexibility index (Phi) is 3.92. The van der Waals surface area contributed by atoms with Gasteiger partial charge < -0.3 is 10.1 Å². The summed E-state index contributed by atoms with van der Waals surface area (Å²) in [6, 6.07) is 1.20. The molecular weight excluding hydrogens is 325 g/mol. The minimum atomic E-state index is -4.55. The minimum Gasteiger partial charge on any atom is -0.480 e. The summed E-state index contributed by atoms with van der Waals surface area (Å²) in [6.45, 7) is 1.14. The summed E-state index contributed by atoms with van der Waals surface area (Å²) in [5, 5.41) is 8.76. The maximum Gasteiger partial charge on any atom is 0.416 e. The molecule has 2 aromatic rings. The first-order valence-corrected chi connectivity index (χ1v) is 7.44. The average molecular weight is 336 g/mol. The first kappa shape index (κ1) is 16.3. The Morgan fingerprint density at radius 1 is 1.36 bits per heavy atom. The van der Waals surface area contributed by atoms with E-state index in [9.17, 15) is 26.4 Å². The molecule has 0 fully saturated rings. The summed E-state index contributed by atoms with van der Waals surface area (Å²) < 4.78 is 63.9. The highest BCUT2D eigenvalue weighted by atomic mass is 32.2. The van der Waals surface area contributed by atoms with Gasteiger partial charge in [-0.05, 0) is 19.1 Å². The molecule has 10 heteroatoms. The molecule has 0 aliphatic carbocycles. The van der Waals surface area contributed by atoms with Crippen LogP contribution in [0, 0.1) is 0 Å². The Morgan fingerprint density at radius 2 is 2.00 bits per heavy atom. The van der Waals surface area contributed by atoms with E-state index < -0.39 is 33.8 Å². The van der Waals surface area contributed by atoms with Gasteiger partial charge in [0.05, 0.1) is 5.56 Å². The van der Waals surface area contributed by atoms with Gasteiger partial charge in [0.25, 0.3) is 0 Å². The van der Waals surface area contributed by atoms with Gasteiger partial charge >= 0.3 is 12.1 Å². The number of H-pyrrole nitrogens is 1. The maximum absolute atomic E-state index is 12.6. The van der Waals surface area contributed by atoms with Crippen molar-refractivity contribution >= 4 is 26.9 Å². The number of rotatable bonds is 4. The Balaban J connectivity index is 2.47. The number of carbonyl (C=O) groups is 1. The van der Waals surface area contributed by atoms with Gasteiger partial charge in [-0.25, -0.2) is 8.42 Å². The molecule has 0 bridgehead atoms. The van der Waals surface area contributed by atoms with Gasteiger partial charge in [0, 0.05) is 17.1 Å². The standard InChI is InChI=1S/C12H11F3N2O4S/c1-6(11(18)19)17-22(20,21)10-5-16-9-4-7(12(13,14)15)2-3-8(9)10/h2-6,16-17H,1H3,(H,18,19)/t6-/m1/s1. The zero-order chi connectivity index (χ0) is 16.7. The van der Waals surface area contributed by atoms with E-state index >= 15 is 0 Å². The van der Waals surface area contributed by atoms with E-state index in [1.54, 1.807) is 0 Å². The molecule has 1 atom stereocenters. The van der Waals surface area contributed by atoms with Crippen molar-refractivity contribution in [2.45, 2.75) is 24.0 Å². The van der Waals surface area contributed by atoms with E-state index in [2.05, 4.69) is 4.98 Å². The number of fused-ring (bicyclic) bond motifs is 1. The molecule has 22 heavy (non-hydrogen) atoms. The summed E-state index contributed by atoms with van der Waals surface area (Å²) in [6.07, 6.45) is -3.53. The van der Waals surface area contributed by atoms with Crippen molar-refractivity contribution in [1.29, 1.82) is 0 Å². The molecule has 1 aromatic heterocycles. The van der Waals surface area contributed by atoms with Gasteiger partial charge in [-0.3, -0.25) is 4.79 Å². The van der Waals surface area contributed by atoms with Crippen molar-refractivity contribution < 1.29 is 31.5 Å². The number of halogens is 3. The summed E-state index contributed by atoms with van der Waals surface area (Å²) in [7, 11) is -4.18. The summed E-state index contributed by atoms with van der Waals surface area (Å²) in [5.74, 6) is -1.37. The molecule has 3 N–H and O–H groups in total. The molecule has 0 spiro atoms. The smallest absolute Gasteiger partial charge is 0.416 e. The van der Waals surface area contributed by atoms with Crippen LogP contribution in [0.25, 0.3) is 10.9 Å². The lowest BCUT2D eigenvalue weighted by molar-refractivity contribution is -0.139. The molecule has 0 radical (unpaired) electrons. The largest absolute Gasteiger partial charge is 0.480 e. The third kappa shape index (κ3) is 3.07. The lowest BCUT2D eigenvalue weighted by Crippen LogP contribution is -2.38. The highest BCUT2D eigenvalue weighted by Crippen LogP contribution is 2.32. The van der Waals surface area contributed by atoms with Crippen molar-refractivity contribution in [3.8, 4) is 0 Å². The van der Waals surface area contributed by atoms with Crippen LogP contribution in [0.2, 0.25) is 0 Å². The van der Waals surface area contributed by atoms with E-state index in [1.807, 2.05) is 4.72 Å². The highest BCUT2D eigenvalue weighted by molar-refractivity contribution is 7.89. The molecule has 1 aromatic carbocycles. The molecule has 0 amide bonds. The minimum absolute atomic E-state index is 0.0156. The quantitative estimate of drug-likeness (QED) is 0.794. The predicted molar refractivity (Wildman–Crippen MR) is 70.7 cm³/mol. The molecule has 0 aliphatic rings. The zero-order valence-corrected chi connectivity index (χ0v) is 11.9. The number of aliphatic carboxylic acids is 1. The molecule has 0 saturated carbocycles. The molecule has 120 valence electrons. The van der Waals surface area contributed by atoms with Gasteiger partial charge in [0.15, 0.2) is 0 Å². The molecule has 2 rings (SSSR count). The van der Waals surface area contributed by atoms with Crippen LogP contribution in [0.15, 0.2) is 29.3 Å². The number of carboxylic acid groups (broad SMARTS) is 1. The van der Waals surface area contributed by atoms with Crippen molar-refractivity contribution in [3.05, 3.63) is 30.0 Å². The first-order chi connectivity index (χ1) is 10.0. The van der Waals surface area contributed by atoms with Crippen LogP contribution >= 0.6 is 0 Å². The summed E-state index contributed by atoms with van der Waals surface area (Å²) in [5.41, 5.74) is -0.934. The van der Waals surface area contributed by atoms with Crippen molar-refractivity contribution in [3.63, 3.8) is 0 Å². The fraction of sp³-hybridized carbons (Fsp3) is 0.250. The van der Waals surface area contributed by atoms with Gasteiger partial charge in [-0.2, -0.15) is 17.9 Å². The fourth-order valence-corrected chi connectivity index (χ4v) is 3.22. The van der Waals surface area contributed by atoms with E-state index in [0.717, 1.165) is 31.3 Å². The SMILES string of the molecule is C[C@@H](NS(=O)(=O)c1c[nH]c2cc(C(F)(F)F)ccc12)C(=O)O. The van der Waals surface area contributed by atoms with Gasteiger partial charge in [0.2, 0.25) is 10.0 Å². The number of hydrogen-bond donors (Lipinski definition) is 3. The number of hydrogen-bond acceptors (Lipinski definition) is 3. The van der Waals surface area contributed by atoms with E-state index in [0.29, 0.717) is 0 Å². The second-order valence-electron chi connectivity index (χ2n) is 4.59. The number of aromatic nitrogens is 1. The highest BCUT2D eigenvalue weighted by Gasteiger charge is 2.31. The third-order valence-corrected chi connectivity index (χ3v) is 4.54. The monoisotopic (exact) mass is 336 g/mol. The zero-order valence-electron chi connectivity index (χ0n) is 11.1. The van der Waals surface area contributed by atoms with E-state index in [-0.39, 0.29) is 15.8 Å². The number of sulfonamides is 1. The lowest BCUT2D eigenvalue weighted by atomic mass is 10.1. The molecule has 0 saturated heterocycles. The number of benzene rings is 1. The number of alkyl halides is 3. The summed E-state index contributed by atoms with van der Waals surface area (Å²) >= 11 is 0. The number of aromatic amines is 1. The Hall–Kier alpha value is -2.07. The Bertz CT molecular complexity index is 826. The van der Waals surface area contributed by atoms with Crippen LogP contribution in [0.3, 0.4) is 0 Å². The van der Waals surface area contributed by atoms with Gasteiger partial charge in [0.1, 0.15) is 10.9 Å². The van der Waals surface area contributed by atoms with E-state index in [1.165, 1.54) is 0 Å². The van der Waals surface area contributed by atoms with Crippen LogP contribution in [-0.4, -0.2) is 30.5 Å². The third-order valence-electron chi connectivity index (χ3n) is 2.96. The fourth-order valence-electron chi connectivity index (χ4n) is 1.84. The van der Waals surface area contributed by atoms with Crippen molar-refractivity contribution in [2.24, 2.45) is 0 Å². The van der Waals surface area contributed by atoms with Crippen LogP contribution < -0.4 is 4.72 Å². The van der Waals surface area contributed by atoms with Crippen LogP contribution in [0.5, 0.6) is 0 Å². The predicted octanol–water partition coefficient (Wildman–Crippen LogP) is 1.94. The summed E-state index contributed by atoms with van der Waals surface area (Å²) in [4.78, 5) is 12.8. The lowest BCUT2D eigenvalue weighted by Gasteiger charge is -2.10. The van der Waals surface area contributed by atoms with E-state index in [4.69, 9.17) is 5.11 Å². The van der Waals surface area contributed by atoms with Crippen LogP contribution in [-0.2, 0) is 21.0 Å². The Labute approximate surface area is 123 Å². The topological polar surface area (TPSA) is 99.3 Å². The van der Waals surface area contributed by atoms with Crippen molar-refractivity contribution in [1.82, 2.24) is 9.71 Å². The molecule has 6 nitrogen and oxygen atoms in total. The second kappa shape index (κ2) is 5.29. The second-order valence-corrected chi connectivity index (χ2v) is 6.27. The average Bonchev–Trinajstić information content (AvgIpc) is 2.80. The molecule has 0 unspecified atom stereocenters. The number of nitrogens with one attached hydrogen (secondary N) is 2. The van der Waals surface area contributed by atoms with Crippen LogP contribution in [0.4, 0.5) is 13.2 Å². The van der Waals surface area contributed by atoms with Crippen LogP contribution in [0.1, 0.15) is 12.5 Å². The number of carboxylic acids is 1. The molecule has 1 heterocycles. The molecular formula is C12H11F3N2O4S. The normalized spacial score (nSPS) is 14.2. The maximum atomic E-state index is 12.6. The molecule has 0 aliphatic heterocycles. The Morgan fingerprint density at radius 3 is 2.55 bits per heavy atom. The van der Waals surface area contributed by atoms with Gasteiger partial charge in [-0.1, -0.05) is 6.07 Å². The van der Waals surface area contributed by atoms with Gasteiger partial charge in [-0.15, -0.1) is 0 Å². The van der Waals surface area contributed by atoms with Crippen molar-refractivity contribution in [2.75, 3.05) is 0 Å². The first-order valence-electron chi connectivity index (χ1n) is 5.96.